The number of nitrogens with one attached hydrogen (secondary N) is 1. The zero-order valence-electron chi connectivity index (χ0n) is 9.38. The monoisotopic (exact) mass is 224 g/mol. The Hall–Kier alpha value is -1.63. The summed E-state index contributed by atoms with van der Waals surface area (Å²) in [5.41, 5.74) is 3.60. The molecule has 6 nitrogen and oxygen atoms in total. The fraction of sp³-hybridized carbons (Fsp3) is 0.300. The molecule has 0 atom stereocenters. The maximum Gasteiger partial charge on any atom is 0.321 e. The molecule has 6 heteroatoms. The van der Waals surface area contributed by atoms with Crippen molar-refractivity contribution >= 4 is 11.7 Å². The second kappa shape index (κ2) is 6.06. The SMILES string of the molecule is COC(=O)CN(C)NN(N)c1ccccc1. The van der Waals surface area contributed by atoms with Crippen LogP contribution in [-0.4, -0.2) is 31.7 Å². The summed E-state index contributed by atoms with van der Waals surface area (Å²) >= 11 is 0. The van der Waals surface area contributed by atoms with Crippen molar-refractivity contribution in [2.24, 2.45) is 5.84 Å². The van der Waals surface area contributed by atoms with Crippen LogP contribution in [0.15, 0.2) is 30.3 Å². The molecule has 0 aliphatic carbocycles. The number of nitrogens with two attached hydrogens (primary N) is 1. The smallest absolute Gasteiger partial charge is 0.321 e. The quantitative estimate of drug-likeness (QED) is 0.413. The van der Waals surface area contributed by atoms with E-state index in [1.165, 1.54) is 17.2 Å². The van der Waals surface area contributed by atoms with E-state index in [9.17, 15) is 4.79 Å². The van der Waals surface area contributed by atoms with Gasteiger partial charge in [-0.25, -0.2) is 16.0 Å². The van der Waals surface area contributed by atoms with Gasteiger partial charge in [0.15, 0.2) is 0 Å². The third kappa shape index (κ3) is 3.85. The molecule has 88 valence electrons. The summed E-state index contributed by atoms with van der Waals surface area (Å²) in [5.74, 6) is 5.40. The molecule has 0 unspecified atom stereocenters. The number of hydrogen-bond acceptors (Lipinski definition) is 6. The van der Waals surface area contributed by atoms with E-state index < -0.39 is 0 Å². The normalized spacial score (nSPS) is 10.2. The third-order valence-corrected chi connectivity index (χ3v) is 1.91. The Morgan fingerprint density at radius 1 is 1.44 bits per heavy atom. The lowest BCUT2D eigenvalue weighted by Crippen LogP contribution is -2.53. The largest absolute Gasteiger partial charge is 0.468 e. The molecule has 0 aliphatic rings. The highest BCUT2D eigenvalue weighted by atomic mass is 16.5. The van der Waals surface area contributed by atoms with Crippen LogP contribution in [0.4, 0.5) is 5.69 Å². The predicted octanol–water partition coefficient (Wildman–Crippen LogP) is -0.109. The molecule has 16 heavy (non-hydrogen) atoms. The van der Waals surface area contributed by atoms with Crippen LogP contribution in [0.25, 0.3) is 0 Å². The van der Waals surface area contributed by atoms with Crippen LogP contribution in [0, 0.1) is 0 Å². The van der Waals surface area contributed by atoms with E-state index in [0.29, 0.717) is 0 Å². The Morgan fingerprint density at radius 2 is 2.06 bits per heavy atom. The average Bonchev–Trinajstić information content (AvgIpc) is 2.29. The summed E-state index contributed by atoms with van der Waals surface area (Å²) in [5, 5.41) is 2.85. The van der Waals surface area contributed by atoms with Crippen LogP contribution in [0.1, 0.15) is 0 Å². The number of nitrogens with zero attached hydrogens (tertiary/aromatic N) is 2. The topological polar surface area (TPSA) is 70.8 Å². The number of hydrogen-bond donors (Lipinski definition) is 2. The van der Waals surface area contributed by atoms with E-state index in [1.807, 2.05) is 30.3 Å². The summed E-state index contributed by atoms with van der Waals surface area (Å²) in [4.78, 5) is 11.0. The van der Waals surface area contributed by atoms with Gasteiger partial charge in [0, 0.05) is 7.05 Å². The molecule has 0 bridgehead atoms. The van der Waals surface area contributed by atoms with Gasteiger partial charge >= 0.3 is 5.97 Å². The standard InChI is InChI=1S/C10H16N4O2/c1-13(8-10(15)16-2)12-14(11)9-6-4-3-5-7-9/h3-7,12H,8,11H2,1-2H3. The Bertz CT molecular complexity index is 331. The molecule has 0 saturated heterocycles. The van der Waals surface area contributed by atoms with Gasteiger partial charge in [-0.1, -0.05) is 18.2 Å². The molecule has 3 N–H and O–H groups in total. The zero-order chi connectivity index (χ0) is 12.0. The first-order valence-electron chi connectivity index (χ1n) is 4.77. The number of anilines is 1. The highest BCUT2D eigenvalue weighted by molar-refractivity contribution is 5.71. The maximum atomic E-state index is 11.0. The fourth-order valence-corrected chi connectivity index (χ4v) is 1.12. The number of esters is 1. The van der Waals surface area contributed by atoms with Crippen molar-refractivity contribution in [1.82, 2.24) is 10.5 Å². The highest BCUT2D eigenvalue weighted by Gasteiger charge is 2.08. The van der Waals surface area contributed by atoms with Crippen molar-refractivity contribution < 1.29 is 9.53 Å². The van der Waals surface area contributed by atoms with Gasteiger partial charge in [-0.15, -0.1) is 0 Å². The first kappa shape index (κ1) is 12.4. The number of hydrazine groups is 3. The summed E-state index contributed by atoms with van der Waals surface area (Å²) < 4.78 is 4.53. The summed E-state index contributed by atoms with van der Waals surface area (Å²) in [7, 11) is 3.04. The number of benzene rings is 1. The van der Waals surface area contributed by atoms with Crippen LogP contribution >= 0.6 is 0 Å². The van der Waals surface area contributed by atoms with E-state index in [0.717, 1.165) is 5.69 Å². The van der Waals surface area contributed by atoms with Crippen LogP contribution in [0.2, 0.25) is 0 Å². The van der Waals surface area contributed by atoms with Crippen LogP contribution in [0.5, 0.6) is 0 Å². The lowest BCUT2D eigenvalue weighted by molar-refractivity contribution is -0.142. The zero-order valence-corrected chi connectivity index (χ0v) is 9.38. The number of rotatable bonds is 5. The molecule has 0 amide bonds. The van der Waals surface area contributed by atoms with Gasteiger partial charge in [-0.2, -0.15) is 5.53 Å². The van der Waals surface area contributed by atoms with Crippen molar-refractivity contribution in [2.75, 3.05) is 25.8 Å². The number of likely N-dealkylation sites (N-methyl/N-ethyl adjacent to an activating group) is 1. The molecule has 0 saturated carbocycles. The van der Waals surface area contributed by atoms with E-state index in [2.05, 4.69) is 10.3 Å². The minimum atomic E-state index is -0.337. The van der Waals surface area contributed by atoms with Gasteiger partial charge in [0.1, 0.15) is 6.54 Å². The molecular weight excluding hydrogens is 208 g/mol. The fourth-order valence-electron chi connectivity index (χ4n) is 1.12. The number of para-hydroxylation sites is 1. The van der Waals surface area contributed by atoms with Gasteiger partial charge in [-0.05, 0) is 12.1 Å². The first-order chi connectivity index (χ1) is 7.63. The molecule has 0 aromatic heterocycles. The van der Waals surface area contributed by atoms with Crippen LogP contribution in [-0.2, 0) is 9.53 Å². The van der Waals surface area contributed by atoms with E-state index >= 15 is 0 Å². The summed E-state index contributed by atoms with van der Waals surface area (Å²) in [6.45, 7) is 0.108. The highest BCUT2D eigenvalue weighted by Crippen LogP contribution is 2.06. The van der Waals surface area contributed by atoms with Crippen molar-refractivity contribution in [3.05, 3.63) is 30.3 Å². The maximum absolute atomic E-state index is 11.0. The number of carbonyl (C=O) groups is 1. The van der Waals surface area contributed by atoms with Crippen LogP contribution in [0.3, 0.4) is 0 Å². The number of ether oxygens (including phenoxy) is 1. The predicted molar refractivity (Wildman–Crippen MR) is 60.9 cm³/mol. The molecule has 1 aromatic rings. The summed E-state index contributed by atoms with van der Waals surface area (Å²) in [6, 6.07) is 9.34. The van der Waals surface area contributed by atoms with Gasteiger partial charge < -0.3 is 4.74 Å². The average molecular weight is 224 g/mol. The molecule has 0 fully saturated rings. The molecule has 0 radical (unpaired) electrons. The van der Waals surface area contributed by atoms with Crippen LogP contribution < -0.4 is 16.5 Å². The minimum Gasteiger partial charge on any atom is -0.468 e. The molecular formula is C10H16N4O2. The molecule has 0 aliphatic heterocycles. The number of carbonyl (C=O) groups excluding carboxylic acids is 1. The first-order valence-corrected chi connectivity index (χ1v) is 4.77. The third-order valence-electron chi connectivity index (χ3n) is 1.91. The van der Waals surface area contributed by atoms with Crippen molar-refractivity contribution in [2.45, 2.75) is 0 Å². The molecule has 0 spiro atoms. The second-order valence-electron chi connectivity index (χ2n) is 3.24. The number of methoxy groups -OCH3 is 1. The molecule has 0 heterocycles. The Balaban J connectivity index is 2.45. The molecule has 1 aromatic carbocycles. The van der Waals surface area contributed by atoms with Crippen molar-refractivity contribution in [1.29, 1.82) is 0 Å². The minimum absolute atomic E-state index is 0.108. The Labute approximate surface area is 94.5 Å². The van der Waals surface area contributed by atoms with Gasteiger partial charge in [-0.3, -0.25) is 4.79 Å². The van der Waals surface area contributed by atoms with Crippen molar-refractivity contribution in [3.63, 3.8) is 0 Å². The van der Waals surface area contributed by atoms with Gasteiger partial charge in [0.05, 0.1) is 12.8 Å². The molecule has 1 rings (SSSR count). The van der Waals surface area contributed by atoms with Crippen molar-refractivity contribution in [3.8, 4) is 0 Å². The van der Waals surface area contributed by atoms with Gasteiger partial charge in [0.2, 0.25) is 0 Å². The van der Waals surface area contributed by atoms with E-state index in [-0.39, 0.29) is 12.5 Å². The lowest BCUT2D eigenvalue weighted by Gasteiger charge is -2.25. The van der Waals surface area contributed by atoms with E-state index in [4.69, 9.17) is 5.84 Å². The Morgan fingerprint density at radius 3 is 2.62 bits per heavy atom. The lowest BCUT2D eigenvalue weighted by atomic mass is 10.3. The Kier molecular flexibility index (Phi) is 4.71. The van der Waals surface area contributed by atoms with E-state index in [1.54, 1.807) is 7.05 Å². The van der Waals surface area contributed by atoms with Gasteiger partial charge in [0.25, 0.3) is 0 Å². The second-order valence-corrected chi connectivity index (χ2v) is 3.24. The summed E-state index contributed by atoms with van der Waals surface area (Å²) in [6.07, 6.45) is 0.